The molecule has 0 fully saturated rings. The smallest absolute Gasteiger partial charge is 0.219 e. The predicted molar refractivity (Wildman–Crippen MR) is 152 cm³/mol. The number of hydrogen-bond acceptors (Lipinski definition) is 1. The van der Waals surface area contributed by atoms with Crippen LogP contribution >= 0.6 is 0 Å². The first-order valence-corrected chi connectivity index (χ1v) is 15.8. The number of nitrogens with one attached hydrogen (secondary N) is 1. The van der Waals surface area contributed by atoms with E-state index >= 15 is 0 Å². The van der Waals surface area contributed by atoms with E-state index in [9.17, 15) is 4.79 Å². The number of amides is 1. The number of hydrogen-bond donors (Lipinski definition) is 1. The van der Waals surface area contributed by atoms with Crippen LogP contribution in [0.25, 0.3) is 0 Å². The Morgan fingerprint density at radius 1 is 0.500 bits per heavy atom. The van der Waals surface area contributed by atoms with Crippen molar-refractivity contribution in [3.05, 3.63) is 0 Å². The molecule has 1 N–H and O–H groups in total. The molecule has 0 aliphatic carbocycles. The second-order valence-corrected chi connectivity index (χ2v) is 10.8. The van der Waals surface area contributed by atoms with Gasteiger partial charge >= 0.3 is 0 Å². The number of carbonyl (C=O) groups excluding carboxylic acids is 1. The molecule has 0 bridgehead atoms. The van der Waals surface area contributed by atoms with E-state index in [1.54, 1.807) is 0 Å². The Balaban J connectivity index is 3.28. The van der Waals surface area contributed by atoms with Crippen LogP contribution in [0.2, 0.25) is 0 Å². The van der Waals surface area contributed by atoms with Gasteiger partial charge in [-0.15, -0.1) is 0 Å². The van der Waals surface area contributed by atoms with E-state index in [0.29, 0.717) is 6.42 Å². The summed E-state index contributed by atoms with van der Waals surface area (Å²) in [5.74, 6) is 0.259. The van der Waals surface area contributed by atoms with Crippen LogP contribution in [0.15, 0.2) is 0 Å². The van der Waals surface area contributed by atoms with Crippen molar-refractivity contribution in [1.82, 2.24) is 5.32 Å². The van der Waals surface area contributed by atoms with Crippen LogP contribution < -0.4 is 5.32 Å². The molecule has 0 aromatic carbocycles. The zero-order valence-corrected chi connectivity index (χ0v) is 24.2. The Morgan fingerprint density at radius 3 is 1.21 bits per heavy atom. The highest BCUT2D eigenvalue weighted by Gasteiger charge is 2.19. The number of unbranched alkanes of at least 4 members (excludes halogenated alkanes) is 18. The molecule has 0 aliphatic heterocycles. The van der Waals surface area contributed by atoms with Crippen molar-refractivity contribution in [1.29, 1.82) is 0 Å². The minimum absolute atomic E-state index is 0.259. The Morgan fingerprint density at radius 2 is 0.853 bits per heavy atom. The Bertz CT molecular complexity index is 411. The third-order valence-electron chi connectivity index (χ3n) is 8.15. The molecule has 0 aliphatic rings. The van der Waals surface area contributed by atoms with Gasteiger partial charge in [0.25, 0.3) is 0 Å². The van der Waals surface area contributed by atoms with Gasteiger partial charge in [0, 0.05) is 19.4 Å². The molecule has 204 valence electrons. The van der Waals surface area contributed by atoms with Gasteiger partial charge in [-0.1, -0.05) is 122 Å². The summed E-state index contributed by atoms with van der Waals surface area (Å²) in [6.07, 6.45) is 28.3. The Hall–Kier alpha value is -0.570. The van der Waals surface area contributed by atoms with Crippen molar-refractivity contribution in [3.63, 3.8) is 0 Å². The van der Waals surface area contributed by atoms with Crippen LogP contribution in [0.3, 0.4) is 0 Å². The lowest BCUT2D eigenvalue weighted by Crippen LogP contribution is -2.48. The highest BCUT2D eigenvalue weighted by molar-refractivity contribution is 5.75. The molecular formula is C31H65N2O+. The van der Waals surface area contributed by atoms with E-state index < -0.39 is 0 Å². The lowest BCUT2D eigenvalue weighted by molar-refractivity contribution is -0.923. The van der Waals surface area contributed by atoms with Gasteiger partial charge in [-0.3, -0.25) is 4.79 Å². The van der Waals surface area contributed by atoms with Gasteiger partial charge in [0.2, 0.25) is 5.91 Å². The largest absolute Gasteiger partial charge is 0.356 e. The van der Waals surface area contributed by atoms with Gasteiger partial charge in [0.1, 0.15) is 0 Å². The highest BCUT2D eigenvalue weighted by Crippen LogP contribution is 2.15. The molecule has 0 saturated heterocycles. The van der Waals surface area contributed by atoms with Crippen LogP contribution in [0.5, 0.6) is 0 Å². The Kier molecular flexibility index (Phi) is 25.1. The fourth-order valence-corrected chi connectivity index (χ4v) is 5.24. The van der Waals surface area contributed by atoms with Crippen LogP contribution in [-0.2, 0) is 4.79 Å². The van der Waals surface area contributed by atoms with Crippen molar-refractivity contribution in [2.75, 3.05) is 32.7 Å². The van der Waals surface area contributed by atoms with E-state index in [0.717, 1.165) is 19.4 Å². The average molecular weight is 482 g/mol. The van der Waals surface area contributed by atoms with E-state index in [2.05, 4.69) is 33.0 Å². The second kappa shape index (κ2) is 25.5. The first-order chi connectivity index (χ1) is 16.6. The molecule has 3 nitrogen and oxygen atoms in total. The van der Waals surface area contributed by atoms with Gasteiger partial charge in [-0.05, 0) is 27.2 Å². The van der Waals surface area contributed by atoms with E-state index in [1.807, 2.05) is 0 Å². The second-order valence-electron chi connectivity index (χ2n) is 10.8. The number of carbonyl (C=O) groups is 1. The Labute approximate surface area is 215 Å². The average Bonchev–Trinajstić information content (AvgIpc) is 2.86. The summed E-state index contributed by atoms with van der Waals surface area (Å²) in [6, 6.07) is 0. The molecule has 0 aromatic heterocycles. The summed E-state index contributed by atoms with van der Waals surface area (Å²) in [6.45, 7) is 14.8. The van der Waals surface area contributed by atoms with Gasteiger partial charge in [0.15, 0.2) is 0 Å². The molecule has 0 heterocycles. The van der Waals surface area contributed by atoms with E-state index in [1.165, 1.54) is 146 Å². The molecule has 3 heteroatoms. The zero-order valence-electron chi connectivity index (χ0n) is 24.2. The van der Waals surface area contributed by atoms with Gasteiger partial charge in [0.05, 0.1) is 26.2 Å². The van der Waals surface area contributed by atoms with Gasteiger partial charge < -0.3 is 9.80 Å². The maximum Gasteiger partial charge on any atom is 0.219 e. The fourth-order valence-electron chi connectivity index (χ4n) is 5.24. The first-order valence-electron chi connectivity index (χ1n) is 15.8. The van der Waals surface area contributed by atoms with E-state index in [4.69, 9.17) is 0 Å². The summed E-state index contributed by atoms with van der Waals surface area (Å²) in [5.41, 5.74) is 0. The van der Waals surface area contributed by atoms with Crippen molar-refractivity contribution < 1.29 is 9.28 Å². The van der Waals surface area contributed by atoms with Crippen LogP contribution in [0, 0.1) is 0 Å². The monoisotopic (exact) mass is 482 g/mol. The standard InChI is InChI=1S/C31H64N2O/c1-5-9-10-11-12-13-14-15-16-17-18-19-20-21-22-23-24-25-26-28-31(34)32-29-27-30-33(6-2,7-3)8-4/h5-30H2,1-4H3/p+1. The summed E-state index contributed by atoms with van der Waals surface area (Å²) in [4.78, 5) is 12.0. The quantitative estimate of drug-likeness (QED) is 0.0919. The summed E-state index contributed by atoms with van der Waals surface area (Å²) in [5, 5.41) is 3.14. The maximum absolute atomic E-state index is 12.0. The molecular weight excluding hydrogens is 416 g/mol. The summed E-state index contributed by atoms with van der Waals surface area (Å²) >= 11 is 0. The number of quaternary nitrogens is 1. The van der Waals surface area contributed by atoms with Crippen molar-refractivity contribution in [2.24, 2.45) is 0 Å². The molecule has 0 spiro atoms. The molecule has 0 rings (SSSR count). The van der Waals surface area contributed by atoms with Crippen LogP contribution in [0.1, 0.15) is 163 Å². The highest BCUT2D eigenvalue weighted by atomic mass is 16.1. The minimum Gasteiger partial charge on any atom is -0.356 e. The van der Waals surface area contributed by atoms with Crippen LogP contribution in [-0.4, -0.2) is 43.1 Å². The normalized spacial score (nSPS) is 11.8. The maximum atomic E-state index is 12.0. The van der Waals surface area contributed by atoms with E-state index in [-0.39, 0.29) is 5.91 Å². The first kappa shape index (κ1) is 33.4. The molecule has 0 unspecified atom stereocenters. The van der Waals surface area contributed by atoms with Crippen LogP contribution in [0.4, 0.5) is 0 Å². The molecule has 0 aromatic rings. The fraction of sp³-hybridized carbons (Fsp3) is 0.968. The SMILES string of the molecule is CCCCCCCCCCCCCCCCCCCCCC(=O)NCCC[N+](CC)(CC)CC. The minimum atomic E-state index is 0.259. The predicted octanol–water partition coefficient (Wildman–Crippen LogP) is 9.19. The van der Waals surface area contributed by atoms with Crippen molar-refractivity contribution in [3.8, 4) is 0 Å². The number of rotatable bonds is 27. The molecule has 1 amide bonds. The molecule has 34 heavy (non-hydrogen) atoms. The molecule has 0 saturated carbocycles. The van der Waals surface area contributed by atoms with Gasteiger partial charge in [-0.25, -0.2) is 0 Å². The number of nitrogens with zero attached hydrogens (tertiary/aromatic N) is 1. The van der Waals surface area contributed by atoms with Crippen molar-refractivity contribution in [2.45, 2.75) is 163 Å². The third kappa shape index (κ3) is 20.8. The summed E-state index contributed by atoms with van der Waals surface area (Å²) < 4.78 is 1.18. The molecule has 0 radical (unpaired) electrons. The van der Waals surface area contributed by atoms with Gasteiger partial charge in [-0.2, -0.15) is 0 Å². The molecule has 0 atom stereocenters. The lowest BCUT2D eigenvalue weighted by Gasteiger charge is -2.35. The topological polar surface area (TPSA) is 29.1 Å². The lowest BCUT2D eigenvalue weighted by atomic mass is 10.0. The zero-order chi connectivity index (χ0) is 25.2. The van der Waals surface area contributed by atoms with Crippen molar-refractivity contribution >= 4 is 5.91 Å². The summed E-state index contributed by atoms with van der Waals surface area (Å²) in [7, 11) is 0. The third-order valence-corrected chi connectivity index (χ3v) is 8.15.